The normalized spacial score (nSPS) is 13.5. The van der Waals surface area contributed by atoms with E-state index in [0.717, 1.165) is 24.3 Å². The topological polar surface area (TPSA) is 35.1 Å². The van der Waals surface area contributed by atoms with E-state index in [-0.39, 0.29) is 0 Å². The summed E-state index contributed by atoms with van der Waals surface area (Å²) >= 11 is 0. The summed E-state index contributed by atoms with van der Waals surface area (Å²) in [6, 6.07) is 12.7. The second-order valence-electron chi connectivity index (χ2n) is 6.41. The number of pyridine rings is 1. The van der Waals surface area contributed by atoms with E-state index in [2.05, 4.69) is 63.5 Å². The van der Waals surface area contributed by atoms with Crippen LogP contribution in [0.25, 0.3) is 28.2 Å². The van der Waals surface area contributed by atoms with Crippen LogP contribution < -0.4 is 0 Å². The summed E-state index contributed by atoms with van der Waals surface area (Å²) in [4.78, 5) is 9.35. The molecule has 5 rings (SSSR count). The predicted octanol–water partition coefficient (Wildman–Crippen LogP) is 4.12. The average Bonchev–Trinajstić information content (AvgIpc) is 3.29. The van der Waals surface area contributed by atoms with Crippen molar-refractivity contribution in [1.29, 1.82) is 0 Å². The van der Waals surface area contributed by atoms with Crippen molar-refractivity contribution in [3.63, 3.8) is 0 Å². The largest absolute Gasteiger partial charge is 0.327 e. The fraction of sp³-hybridized carbons (Fsp3) is 0.200. The minimum atomic E-state index is 0.970. The molecule has 0 atom stereocenters. The highest BCUT2D eigenvalue weighted by molar-refractivity contribution is 5.81. The molecule has 4 nitrogen and oxygen atoms in total. The summed E-state index contributed by atoms with van der Waals surface area (Å²) in [5, 5.41) is 0. The van der Waals surface area contributed by atoms with Gasteiger partial charge in [-0.05, 0) is 31.0 Å². The smallest absolute Gasteiger partial charge is 0.136 e. The first-order valence-corrected chi connectivity index (χ1v) is 8.40. The van der Waals surface area contributed by atoms with E-state index in [0.29, 0.717) is 0 Å². The number of benzene rings is 1. The number of fused-ring (bicyclic) bond motifs is 2. The van der Waals surface area contributed by atoms with Gasteiger partial charge in [0.05, 0.1) is 11.4 Å². The lowest BCUT2D eigenvalue weighted by molar-refractivity contribution is 0.756. The summed E-state index contributed by atoms with van der Waals surface area (Å²) in [5.41, 5.74) is 6.98. The summed E-state index contributed by atoms with van der Waals surface area (Å²) in [6.07, 6.45) is 8.23. The molecule has 1 aliphatic heterocycles. The number of nitrogens with zero attached hydrogens (tertiary/aromatic N) is 4. The minimum Gasteiger partial charge on any atom is -0.327 e. The first kappa shape index (κ1) is 13.5. The van der Waals surface area contributed by atoms with Crippen molar-refractivity contribution in [2.45, 2.75) is 26.3 Å². The highest BCUT2D eigenvalue weighted by Gasteiger charge is 2.24. The maximum atomic E-state index is 5.00. The van der Waals surface area contributed by atoms with Crippen LogP contribution in [0.1, 0.15) is 17.8 Å². The van der Waals surface area contributed by atoms with Crippen LogP contribution in [-0.4, -0.2) is 18.9 Å². The van der Waals surface area contributed by atoms with Crippen molar-refractivity contribution in [1.82, 2.24) is 18.9 Å². The average molecular weight is 314 g/mol. The van der Waals surface area contributed by atoms with Gasteiger partial charge in [0, 0.05) is 42.7 Å². The van der Waals surface area contributed by atoms with Crippen molar-refractivity contribution in [3.05, 3.63) is 66.4 Å². The molecule has 1 aromatic carbocycles. The molecule has 0 aliphatic carbocycles. The van der Waals surface area contributed by atoms with Gasteiger partial charge in [0.15, 0.2) is 0 Å². The quantitative estimate of drug-likeness (QED) is 0.558. The number of aromatic nitrogens is 4. The Morgan fingerprint density at radius 3 is 2.92 bits per heavy atom. The number of imidazole rings is 2. The highest BCUT2D eigenvalue weighted by Crippen LogP contribution is 2.36. The molecule has 1 aliphatic rings. The van der Waals surface area contributed by atoms with Crippen molar-refractivity contribution in [3.8, 4) is 22.5 Å². The summed E-state index contributed by atoms with van der Waals surface area (Å²) in [6.45, 7) is 3.20. The summed E-state index contributed by atoms with van der Waals surface area (Å²) in [5.74, 6) is 1.20. The molecule has 0 unspecified atom stereocenters. The van der Waals surface area contributed by atoms with Crippen LogP contribution >= 0.6 is 0 Å². The van der Waals surface area contributed by atoms with Crippen molar-refractivity contribution >= 4 is 5.65 Å². The summed E-state index contributed by atoms with van der Waals surface area (Å²) in [7, 11) is 0. The first-order chi connectivity index (χ1) is 11.8. The van der Waals surface area contributed by atoms with E-state index in [1.54, 1.807) is 0 Å². The molecule has 0 amide bonds. The van der Waals surface area contributed by atoms with Gasteiger partial charge in [-0.1, -0.05) is 24.3 Å². The van der Waals surface area contributed by atoms with E-state index in [1.807, 2.05) is 12.4 Å². The van der Waals surface area contributed by atoms with E-state index in [1.165, 1.54) is 34.6 Å². The fourth-order valence-corrected chi connectivity index (χ4v) is 3.71. The van der Waals surface area contributed by atoms with Crippen LogP contribution in [-0.2, 0) is 13.0 Å². The lowest BCUT2D eigenvalue weighted by atomic mass is 10.0. The van der Waals surface area contributed by atoms with Crippen molar-refractivity contribution < 1.29 is 0 Å². The van der Waals surface area contributed by atoms with Gasteiger partial charge in [0.2, 0.25) is 0 Å². The van der Waals surface area contributed by atoms with Gasteiger partial charge >= 0.3 is 0 Å². The van der Waals surface area contributed by atoms with Gasteiger partial charge in [0.25, 0.3) is 0 Å². The number of rotatable bonds is 2. The van der Waals surface area contributed by atoms with Gasteiger partial charge in [-0.2, -0.15) is 0 Å². The van der Waals surface area contributed by atoms with Gasteiger partial charge in [-0.3, -0.25) is 0 Å². The lowest BCUT2D eigenvalue weighted by Gasteiger charge is -2.10. The highest BCUT2D eigenvalue weighted by atomic mass is 15.1. The van der Waals surface area contributed by atoms with Gasteiger partial charge in [-0.15, -0.1) is 0 Å². The Bertz CT molecular complexity index is 1050. The number of aryl methyl sites for hydroxylation is 2. The standard InChI is InChI=1S/C20H18N4/c1-14-5-2-3-6-16(14)19-20(24-11-4-7-18(24)22-19)15-8-9-17-21-10-12-23(17)13-15/h2-3,5-6,8-10,12-13H,4,7,11H2,1H3. The van der Waals surface area contributed by atoms with Gasteiger partial charge in [0.1, 0.15) is 11.5 Å². The monoisotopic (exact) mass is 314 g/mol. The lowest BCUT2D eigenvalue weighted by Crippen LogP contribution is -1.98. The number of hydrogen-bond donors (Lipinski definition) is 0. The third-order valence-corrected chi connectivity index (χ3v) is 4.89. The fourth-order valence-electron chi connectivity index (χ4n) is 3.71. The first-order valence-electron chi connectivity index (χ1n) is 8.40. The van der Waals surface area contributed by atoms with Crippen LogP contribution in [0.2, 0.25) is 0 Å². The van der Waals surface area contributed by atoms with Crippen LogP contribution in [0.3, 0.4) is 0 Å². The molecule has 0 fully saturated rings. The molecular formula is C20H18N4. The molecule has 4 aromatic rings. The van der Waals surface area contributed by atoms with Crippen LogP contribution in [0.4, 0.5) is 0 Å². The van der Waals surface area contributed by atoms with E-state index < -0.39 is 0 Å². The Labute approximate surface area is 140 Å². The predicted molar refractivity (Wildman–Crippen MR) is 94.9 cm³/mol. The molecule has 118 valence electrons. The SMILES string of the molecule is Cc1ccccc1-c1nc2n(c1-c1ccc3nccn3c1)CCC2. The van der Waals surface area contributed by atoms with Crippen LogP contribution in [0.15, 0.2) is 55.0 Å². The maximum Gasteiger partial charge on any atom is 0.136 e. The van der Waals surface area contributed by atoms with Crippen LogP contribution in [0, 0.1) is 6.92 Å². The molecule has 0 saturated heterocycles. The van der Waals surface area contributed by atoms with Crippen LogP contribution in [0.5, 0.6) is 0 Å². The molecule has 0 radical (unpaired) electrons. The van der Waals surface area contributed by atoms with E-state index in [9.17, 15) is 0 Å². The van der Waals surface area contributed by atoms with Crippen molar-refractivity contribution in [2.24, 2.45) is 0 Å². The number of hydrogen-bond acceptors (Lipinski definition) is 2. The molecule has 24 heavy (non-hydrogen) atoms. The maximum absolute atomic E-state index is 5.00. The Morgan fingerprint density at radius 2 is 2.00 bits per heavy atom. The van der Waals surface area contributed by atoms with E-state index in [4.69, 9.17) is 4.98 Å². The Kier molecular flexibility index (Phi) is 2.86. The van der Waals surface area contributed by atoms with E-state index >= 15 is 0 Å². The molecule has 0 bridgehead atoms. The molecule has 0 N–H and O–H groups in total. The van der Waals surface area contributed by atoms with Gasteiger partial charge < -0.3 is 8.97 Å². The molecule has 0 spiro atoms. The zero-order valence-electron chi connectivity index (χ0n) is 13.6. The zero-order chi connectivity index (χ0) is 16.1. The molecular weight excluding hydrogens is 296 g/mol. The van der Waals surface area contributed by atoms with Crippen molar-refractivity contribution in [2.75, 3.05) is 0 Å². The third kappa shape index (κ3) is 1.92. The third-order valence-electron chi connectivity index (χ3n) is 4.89. The Balaban J connectivity index is 1.79. The summed E-state index contributed by atoms with van der Waals surface area (Å²) < 4.78 is 4.46. The molecule has 3 aromatic heterocycles. The van der Waals surface area contributed by atoms with Gasteiger partial charge in [-0.25, -0.2) is 9.97 Å². The Hall–Kier alpha value is -2.88. The second-order valence-corrected chi connectivity index (χ2v) is 6.41. The second kappa shape index (κ2) is 5.06. The zero-order valence-corrected chi connectivity index (χ0v) is 13.6. The Morgan fingerprint density at radius 1 is 1.08 bits per heavy atom. The molecule has 0 saturated carbocycles. The molecule has 4 heterocycles. The molecule has 4 heteroatoms. The minimum absolute atomic E-state index is 0.970.